The van der Waals surface area contributed by atoms with Crippen molar-refractivity contribution in [2.75, 3.05) is 26.0 Å². The van der Waals surface area contributed by atoms with Crippen molar-refractivity contribution in [3.63, 3.8) is 0 Å². The summed E-state index contributed by atoms with van der Waals surface area (Å²) >= 11 is 0. The molecule has 4 rings (SSSR count). The molecule has 7 nitrogen and oxygen atoms in total. The highest BCUT2D eigenvalue weighted by Gasteiger charge is 2.58. The molecule has 30 heavy (non-hydrogen) atoms. The van der Waals surface area contributed by atoms with Crippen molar-refractivity contribution in [2.24, 2.45) is 0 Å². The predicted octanol–water partition coefficient (Wildman–Crippen LogP) is 2.51. The summed E-state index contributed by atoms with van der Waals surface area (Å²) in [5.41, 5.74) is 1.03. The minimum atomic E-state index is -3.50. The maximum atomic E-state index is 13.3. The first-order chi connectivity index (χ1) is 14.2. The first-order valence-electron chi connectivity index (χ1n) is 10.8. The Balaban J connectivity index is 1.61. The number of nitrogens with zero attached hydrogens (tertiary/aromatic N) is 1. The third kappa shape index (κ3) is 4.45. The van der Waals surface area contributed by atoms with Crippen LogP contribution in [0.15, 0.2) is 29.2 Å². The zero-order chi connectivity index (χ0) is 21.5. The molecule has 1 aromatic carbocycles. The SMILES string of the molecule is CO[C@@H]1[C@H]2OC(C)(C)O[C@H]2O[C@@H]1[C@@H](CS(=O)(=O)c1ccc(C)cc1)N1CCCCC1. The molecule has 0 aliphatic carbocycles. The number of hydrogen-bond acceptors (Lipinski definition) is 7. The molecule has 0 radical (unpaired) electrons. The molecular weight excluding hydrogens is 406 g/mol. The molecule has 0 aromatic heterocycles. The second-order valence-corrected chi connectivity index (χ2v) is 11.1. The van der Waals surface area contributed by atoms with Crippen molar-refractivity contribution in [3.8, 4) is 0 Å². The van der Waals surface area contributed by atoms with E-state index in [1.165, 1.54) is 6.42 Å². The smallest absolute Gasteiger partial charge is 0.190 e. The van der Waals surface area contributed by atoms with Gasteiger partial charge in [0, 0.05) is 7.11 Å². The number of likely N-dealkylation sites (tertiary alicyclic amines) is 1. The summed E-state index contributed by atoms with van der Waals surface area (Å²) < 4.78 is 50.6. The Kier molecular flexibility index (Phi) is 6.27. The van der Waals surface area contributed by atoms with Gasteiger partial charge in [0.05, 0.1) is 16.7 Å². The summed E-state index contributed by atoms with van der Waals surface area (Å²) in [6, 6.07) is 6.71. The molecule has 5 atom stereocenters. The van der Waals surface area contributed by atoms with Crippen molar-refractivity contribution >= 4 is 9.84 Å². The van der Waals surface area contributed by atoms with E-state index < -0.39 is 34.1 Å². The second-order valence-electron chi connectivity index (χ2n) is 9.03. The van der Waals surface area contributed by atoms with E-state index in [0.717, 1.165) is 31.5 Å². The van der Waals surface area contributed by atoms with Gasteiger partial charge < -0.3 is 18.9 Å². The van der Waals surface area contributed by atoms with E-state index in [0.29, 0.717) is 4.90 Å². The Labute approximate surface area is 179 Å². The summed E-state index contributed by atoms with van der Waals surface area (Å²) in [6.07, 6.45) is 1.51. The highest BCUT2D eigenvalue weighted by Crippen LogP contribution is 2.41. The maximum Gasteiger partial charge on any atom is 0.190 e. The molecule has 3 saturated heterocycles. The van der Waals surface area contributed by atoms with E-state index in [9.17, 15) is 8.42 Å². The first kappa shape index (κ1) is 22.2. The van der Waals surface area contributed by atoms with E-state index in [1.54, 1.807) is 19.2 Å². The Bertz CT molecular complexity index is 834. The van der Waals surface area contributed by atoms with Crippen LogP contribution in [-0.2, 0) is 28.8 Å². The van der Waals surface area contributed by atoms with Crippen LogP contribution < -0.4 is 0 Å². The van der Waals surface area contributed by atoms with Crippen molar-refractivity contribution in [2.45, 2.75) is 81.4 Å². The summed E-state index contributed by atoms with van der Waals surface area (Å²) in [5, 5.41) is 0. The number of sulfone groups is 1. The number of rotatable bonds is 6. The summed E-state index contributed by atoms with van der Waals surface area (Å²) in [4.78, 5) is 2.59. The van der Waals surface area contributed by atoms with Crippen LogP contribution in [0, 0.1) is 6.92 Å². The van der Waals surface area contributed by atoms with Gasteiger partial charge in [-0.15, -0.1) is 0 Å². The minimum absolute atomic E-state index is 0.0244. The molecule has 168 valence electrons. The fraction of sp³-hybridized carbons (Fsp3) is 0.727. The van der Waals surface area contributed by atoms with Gasteiger partial charge in [-0.2, -0.15) is 0 Å². The monoisotopic (exact) mass is 439 g/mol. The fourth-order valence-electron chi connectivity index (χ4n) is 4.81. The Morgan fingerprint density at radius 1 is 1.13 bits per heavy atom. The van der Waals surface area contributed by atoms with Gasteiger partial charge in [-0.3, -0.25) is 4.90 Å². The van der Waals surface area contributed by atoms with Crippen LogP contribution in [0.1, 0.15) is 38.7 Å². The summed E-state index contributed by atoms with van der Waals surface area (Å²) in [5.74, 6) is -0.769. The van der Waals surface area contributed by atoms with Crippen LogP contribution in [0.5, 0.6) is 0 Å². The molecule has 0 unspecified atom stereocenters. The molecule has 0 N–H and O–H groups in total. The molecule has 3 fully saturated rings. The van der Waals surface area contributed by atoms with Gasteiger partial charge in [-0.05, 0) is 58.8 Å². The lowest BCUT2D eigenvalue weighted by Crippen LogP contribution is -2.54. The zero-order valence-corrected chi connectivity index (χ0v) is 19.1. The second kappa shape index (κ2) is 8.48. The molecule has 3 aliphatic heterocycles. The topological polar surface area (TPSA) is 74.3 Å². The van der Waals surface area contributed by atoms with E-state index in [2.05, 4.69) is 4.90 Å². The highest BCUT2D eigenvalue weighted by atomic mass is 32.2. The lowest BCUT2D eigenvalue weighted by Gasteiger charge is -2.39. The lowest BCUT2D eigenvalue weighted by atomic mass is 10.0. The Hall–Kier alpha value is -1.03. The number of methoxy groups -OCH3 is 1. The van der Waals surface area contributed by atoms with Crippen molar-refractivity contribution < 1.29 is 27.4 Å². The molecule has 1 aromatic rings. The molecule has 0 bridgehead atoms. The van der Waals surface area contributed by atoms with E-state index in [-0.39, 0.29) is 17.9 Å². The quantitative estimate of drug-likeness (QED) is 0.674. The maximum absolute atomic E-state index is 13.3. The average Bonchev–Trinajstić information content (AvgIpc) is 3.18. The molecule has 3 aliphatic rings. The number of hydrogen-bond donors (Lipinski definition) is 0. The van der Waals surface area contributed by atoms with Gasteiger partial charge in [0.2, 0.25) is 0 Å². The predicted molar refractivity (Wildman–Crippen MR) is 112 cm³/mol. The van der Waals surface area contributed by atoms with Gasteiger partial charge in [0.15, 0.2) is 21.9 Å². The number of aryl methyl sites for hydroxylation is 1. The fourth-order valence-corrected chi connectivity index (χ4v) is 6.40. The summed E-state index contributed by atoms with van der Waals surface area (Å²) in [7, 11) is -1.88. The van der Waals surface area contributed by atoms with Crippen LogP contribution in [0.3, 0.4) is 0 Å². The van der Waals surface area contributed by atoms with E-state index >= 15 is 0 Å². The van der Waals surface area contributed by atoms with E-state index in [4.69, 9.17) is 18.9 Å². The first-order valence-corrected chi connectivity index (χ1v) is 12.4. The van der Waals surface area contributed by atoms with Gasteiger partial charge >= 0.3 is 0 Å². The highest BCUT2D eigenvalue weighted by molar-refractivity contribution is 7.91. The zero-order valence-electron chi connectivity index (χ0n) is 18.2. The van der Waals surface area contributed by atoms with Gasteiger partial charge in [-0.1, -0.05) is 24.1 Å². The van der Waals surface area contributed by atoms with Crippen LogP contribution in [0.25, 0.3) is 0 Å². The van der Waals surface area contributed by atoms with Crippen molar-refractivity contribution in [1.82, 2.24) is 4.90 Å². The average molecular weight is 440 g/mol. The number of ether oxygens (including phenoxy) is 4. The molecule has 0 amide bonds. The van der Waals surface area contributed by atoms with Gasteiger partial charge in [0.25, 0.3) is 0 Å². The third-order valence-corrected chi connectivity index (χ3v) is 8.08. The van der Waals surface area contributed by atoms with Crippen LogP contribution >= 0.6 is 0 Å². The largest absolute Gasteiger partial charge is 0.376 e. The Morgan fingerprint density at radius 2 is 1.80 bits per heavy atom. The van der Waals surface area contributed by atoms with E-state index in [1.807, 2.05) is 32.9 Å². The third-order valence-electron chi connectivity index (χ3n) is 6.31. The van der Waals surface area contributed by atoms with Gasteiger partial charge in [-0.25, -0.2) is 8.42 Å². The van der Waals surface area contributed by atoms with Crippen LogP contribution in [0.4, 0.5) is 0 Å². The molecular formula is C22H33NO6S. The van der Waals surface area contributed by atoms with Gasteiger partial charge in [0.1, 0.15) is 18.3 Å². The van der Waals surface area contributed by atoms with Crippen molar-refractivity contribution in [3.05, 3.63) is 29.8 Å². The van der Waals surface area contributed by atoms with Crippen molar-refractivity contribution in [1.29, 1.82) is 0 Å². The molecule has 3 heterocycles. The Morgan fingerprint density at radius 3 is 2.43 bits per heavy atom. The van der Waals surface area contributed by atoms with Crippen LogP contribution in [-0.4, -0.2) is 75.7 Å². The molecule has 0 saturated carbocycles. The number of benzene rings is 1. The lowest BCUT2D eigenvalue weighted by molar-refractivity contribution is -0.223. The molecule has 0 spiro atoms. The number of piperidine rings is 1. The number of fused-ring (bicyclic) bond motifs is 1. The normalized spacial score (nSPS) is 32.8. The minimum Gasteiger partial charge on any atom is -0.376 e. The summed E-state index contributed by atoms with van der Waals surface area (Å²) in [6.45, 7) is 7.35. The molecule has 8 heteroatoms. The standard InChI is InChI=1S/C22H33NO6S/c1-15-8-10-16(11-9-15)30(24,25)14-17(23-12-6-5-7-13-23)18-19(26-4)20-21(27-18)29-22(2,3)28-20/h8-11,17-21H,5-7,12-14H2,1-4H3/t17-,18-,19+,20-,21-/m1/s1. The van der Waals surface area contributed by atoms with Crippen LogP contribution in [0.2, 0.25) is 0 Å².